The van der Waals surface area contributed by atoms with Gasteiger partial charge < -0.3 is 14.3 Å². The van der Waals surface area contributed by atoms with Gasteiger partial charge in [0.05, 0.1) is 6.61 Å². The molecular formula is C17H22O3. The first-order valence-electron chi connectivity index (χ1n) is 6.93. The van der Waals surface area contributed by atoms with Gasteiger partial charge in [0, 0.05) is 11.1 Å². The zero-order valence-electron chi connectivity index (χ0n) is 12.8. The molecule has 1 aromatic heterocycles. The monoisotopic (exact) mass is 274 g/mol. The summed E-state index contributed by atoms with van der Waals surface area (Å²) < 4.78 is 11.2. The van der Waals surface area contributed by atoms with Gasteiger partial charge in [0.2, 0.25) is 0 Å². The van der Waals surface area contributed by atoms with Crippen molar-refractivity contribution in [3.63, 3.8) is 0 Å². The Morgan fingerprint density at radius 1 is 1.15 bits per heavy atom. The van der Waals surface area contributed by atoms with Crippen molar-refractivity contribution in [1.82, 2.24) is 0 Å². The topological polar surface area (TPSA) is 42.6 Å². The molecule has 1 atom stereocenters. The molecule has 0 spiro atoms. The molecular weight excluding hydrogens is 252 g/mol. The molecule has 1 N–H and O–H groups in total. The van der Waals surface area contributed by atoms with Gasteiger partial charge in [-0.1, -0.05) is 11.6 Å². The van der Waals surface area contributed by atoms with E-state index in [9.17, 15) is 5.11 Å². The first-order valence-corrected chi connectivity index (χ1v) is 6.93. The van der Waals surface area contributed by atoms with Crippen LogP contribution < -0.4 is 4.74 Å². The number of aryl methyl sites for hydroxylation is 3. The summed E-state index contributed by atoms with van der Waals surface area (Å²) in [4.78, 5) is 0. The fourth-order valence-electron chi connectivity index (χ4n) is 2.54. The highest BCUT2D eigenvalue weighted by atomic mass is 16.5. The minimum atomic E-state index is -0.728. The highest BCUT2D eigenvalue weighted by Gasteiger charge is 2.23. The molecule has 0 amide bonds. The maximum Gasteiger partial charge on any atom is 0.125 e. The Balaban J connectivity index is 2.52. The largest absolute Gasteiger partial charge is 0.493 e. The second kappa shape index (κ2) is 5.71. The number of ether oxygens (including phenoxy) is 1. The summed E-state index contributed by atoms with van der Waals surface area (Å²) in [6.45, 7) is 10.3. The zero-order valence-corrected chi connectivity index (χ0v) is 12.8. The van der Waals surface area contributed by atoms with Gasteiger partial charge >= 0.3 is 0 Å². The molecule has 0 bridgehead atoms. The molecule has 0 fully saturated rings. The van der Waals surface area contributed by atoms with Gasteiger partial charge in [-0.25, -0.2) is 0 Å². The summed E-state index contributed by atoms with van der Waals surface area (Å²) in [6.07, 6.45) is -0.728. The fraction of sp³-hybridized carbons (Fsp3) is 0.412. The molecule has 1 heterocycles. The molecule has 2 aromatic rings. The molecule has 1 aromatic carbocycles. The van der Waals surface area contributed by atoms with Gasteiger partial charge in [0.15, 0.2) is 0 Å². The van der Waals surface area contributed by atoms with Crippen LogP contribution in [0.1, 0.15) is 46.8 Å². The van der Waals surface area contributed by atoms with Crippen LogP contribution in [0.3, 0.4) is 0 Å². The van der Waals surface area contributed by atoms with Crippen LogP contribution in [-0.4, -0.2) is 11.7 Å². The predicted octanol–water partition coefficient (Wildman–Crippen LogP) is 3.99. The van der Waals surface area contributed by atoms with Gasteiger partial charge in [-0.05, 0) is 52.3 Å². The van der Waals surface area contributed by atoms with Crippen LogP contribution in [0, 0.1) is 27.7 Å². The third-order valence-electron chi connectivity index (χ3n) is 3.65. The van der Waals surface area contributed by atoms with Crippen molar-refractivity contribution in [2.45, 2.75) is 40.7 Å². The van der Waals surface area contributed by atoms with E-state index >= 15 is 0 Å². The van der Waals surface area contributed by atoms with E-state index in [0.717, 1.165) is 39.5 Å². The predicted molar refractivity (Wildman–Crippen MR) is 79.3 cm³/mol. The lowest BCUT2D eigenvalue weighted by atomic mass is 9.96. The van der Waals surface area contributed by atoms with E-state index in [-0.39, 0.29) is 0 Å². The normalized spacial score (nSPS) is 12.5. The lowest BCUT2D eigenvalue weighted by molar-refractivity contribution is 0.209. The van der Waals surface area contributed by atoms with Crippen LogP contribution in [0.2, 0.25) is 0 Å². The van der Waals surface area contributed by atoms with E-state index in [1.54, 1.807) is 0 Å². The summed E-state index contributed by atoms with van der Waals surface area (Å²) in [5.41, 5.74) is 3.73. The molecule has 0 aliphatic rings. The summed E-state index contributed by atoms with van der Waals surface area (Å²) in [5, 5.41) is 10.8. The molecule has 1 unspecified atom stereocenters. The van der Waals surface area contributed by atoms with Crippen LogP contribution >= 0.6 is 0 Å². The third kappa shape index (κ3) is 2.59. The van der Waals surface area contributed by atoms with E-state index < -0.39 is 6.10 Å². The Morgan fingerprint density at radius 2 is 1.85 bits per heavy atom. The second-order valence-electron chi connectivity index (χ2n) is 5.13. The first-order chi connectivity index (χ1) is 9.45. The number of benzene rings is 1. The summed E-state index contributed by atoms with van der Waals surface area (Å²) >= 11 is 0. The lowest BCUT2D eigenvalue weighted by Gasteiger charge is -2.17. The van der Waals surface area contributed by atoms with Crippen LogP contribution in [-0.2, 0) is 0 Å². The van der Waals surface area contributed by atoms with Gasteiger partial charge in [0.25, 0.3) is 0 Å². The maximum absolute atomic E-state index is 10.8. The molecule has 0 aliphatic heterocycles. The summed E-state index contributed by atoms with van der Waals surface area (Å²) in [6, 6.07) is 5.87. The molecule has 2 rings (SSSR count). The molecule has 3 nitrogen and oxygen atoms in total. The SMILES string of the molecule is CCOc1ccc(C)cc1C(O)c1c(C)oc(C)c1C. The minimum absolute atomic E-state index is 0.575. The average Bonchev–Trinajstić information content (AvgIpc) is 2.65. The highest BCUT2D eigenvalue weighted by molar-refractivity contribution is 5.46. The number of rotatable bonds is 4. The average molecular weight is 274 g/mol. The van der Waals surface area contributed by atoms with Crippen molar-refractivity contribution in [3.05, 3.63) is 52.0 Å². The summed E-state index contributed by atoms with van der Waals surface area (Å²) in [5.74, 6) is 2.34. The maximum atomic E-state index is 10.8. The first kappa shape index (κ1) is 14.7. The fourth-order valence-corrected chi connectivity index (χ4v) is 2.54. The van der Waals surface area contributed by atoms with Crippen molar-refractivity contribution in [1.29, 1.82) is 0 Å². The molecule has 0 aliphatic carbocycles. The molecule has 3 heteroatoms. The zero-order chi connectivity index (χ0) is 14.9. The minimum Gasteiger partial charge on any atom is -0.493 e. The van der Waals surface area contributed by atoms with Gasteiger partial charge in [-0.3, -0.25) is 0 Å². The van der Waals surface area contributed by atoms with Crippen molar-refractivity contribution < 1.29 is 14.3 Å². The lowest BCUT2D eigenvalue weighted by Crippen LogP contribution is -2.06. The number of hydrogen-bond donors (Lipinski definition) is 1. The molecule has 0 saturated carbocycles. The van der Waals surface area contributed by atoms with Crippen LogP contribution in [0.5, 0.6) is 5.75 Å². The Labute approximate surface area is 120 Å². The molecule has 108 valence electrons. The molecule has 0 radical (unpaired) electrons. The Kier molecular flexibility index (Phi) is 4.19. The Hall–Kier alpha value is -1.74. The van der Waals surface area contributed by atoms with Crippen molar-refractivity contribution in [2.24, 2.45) is 0 Å². The van der Waals surface area contributed by atoms with E-state index in [4.69, 9.17) is 9.15 Å². The summed E-state index contributed by atoms with van der Waals surface area (Å²) in [7, 11) is 0. The smallest absolute Gasteiger partial charge is 0.125 e. The van der Waals surface area contributed by atoms with Crippen LogP contribution in [0.4, 0.5) is 0 Å². The number of hydrogen-bond acceptors (Lipinski definition) is 3. The number of furan rings is 1. The highest BCUT2D eigenvalue weighted by Crippen LogP contribution is 2.36. The third-order valence-corrected chi connectivity index (χ3v) is 3.65. The van der Waals surface area contributed by atoms with E-state index in [1.165, 1.54) is 0 Å². The Morgan fingerprint density at radius 3 is 2.40 bits per heavy atom. The number of aliphatic hydroxyl groups excluding tert-OH is 1. The van der Waals surface area contributed by atoms with E-state index in [1.807, 2.05) is 52.8 Å². The molecule has 0 saturated heterocycles. The second-order valence-corrected chi connectivity index (χ2v) is 5.13. The van der Waals surface area contributed by atoms with Crippen molar-refractivity contribution in [2.75, 3.05) is 6.61 Å². The van der Waals surface area contributed by atoms with Crippen molar-refractivity contribution in [3.8, 4) is 5.75 Å². The van der Waals surface area contributed by atoms with Crippen LogP contribution in [0.25, 0.3) is 0 Å². The molecule has 20 heavy (non-hydrogen) atoms. The van der Waals surface area contributed by atoms with Crippen molar-refractivity contribution >= 4 is 0 Å². The van der Waals surface area contributed by atoms with Crippen LogP contribution in [0.15, 0.2) is 22.6 Å². The quantitative estimate of drug-likeness (QED) is 0.916. The van der Waals surface area contributed by atoms with Gasteiger partial charge in [0.1, 0.15) is 23.4 Å². The van der Waals surface area contributed by atoms with Gasteiger partial charge in [-0.2, -0.15) is 0 Å². The number of aliphatic hydroxyl groups is 1. The Bertz CT molecular complexity index is 611. The van der Waals surface area contributed by atoms with E-state index in [0.29, 0.717) is 6.61 Å². The van der Waals surface area contributed by atoms with Gasteiger partial charge in [-0.15, -0.1) is 0 Å². The van der Waals surface area contributed by atoms with E-state index in [2.05, 4.69) is 0 Å². The standard InChI is InChI=1S/C17H22O3/c1-6-19-15-8-7-10(2)9-14(15)17(18)16-11(3)12(4)20-13(16)5/h7-9,17-18H,6H2,1-5H3.